The third-order valence-electron chi connectivity index (χ3n) is 1.13. The first kappa shape index (κ1) is 7.59. The van der Waals surface area contributed by atoms with Crippen molar-refractivity contribution in [3.8, 4) is 0 Å². The first-order valence-corrected chi connectivity index (χ1v) is 3.11. The molecule has 58 valence electrons. The van der Waals surface area contributed by atoms with E-state index in [2.05, 4.69) is 20.1 Å². The molecule has 0 fully saturated rings. The molecule has 0 N–H and O–H groups in total. The standard InChI is InChI=1S/C6H7N3O2/c10-5-11-2-1-6-3-7-9-8-4-6/h3-5H,1-2H2. The van der Waals surface area contributed by atoms with Crippen molar-refractivity contribution in [2.45, 2.75) is 6.42 Å². The lowest BCUT2D eigenvalue weighted by molar-refractivity contribution is -0.128. The third kappa shape index (κ3) is 2.70. The predicted molar refractivity (Wildman–Crippen MR) is 35.5 cm³/mol. The monoisotopic (exact) mass is 153 g/mol. The molecular weight excluding hydrogens is 146 g/mol. The lowest BCUT2D eigenvalue weighted by Gasteiger charge is -1.95. The van der Waals surface area contributed by atoms with E-state index in [0.717, 1.165) is 5.56 Å². The second-order valence-corrected chi connectivity index (χ2v) is 1.87. The van der Waals surface area contributed by atoms with Crippen molar-refractivity contribution in [2.75, 3.05) is 6.61 Å². The molecule has 5 heteroatoms. The molecule has 1 rings (SSSR count). The molecular formula is C6H7N3O2. The van der Waals surface area contributed by atoms with Crippen LogP contribution in [0.15, 0.2) is 12.4 Å². The molecule has 0 aromatic carbocycles. The van der Waals surface area contributed by atoms with E-state index in [1.807, 2.05) is 0 Å². The van der Waals surface area contributed by atoms with Gasteiger partial charge in [-0.05, 0) is 10.8 Å². The van der Waals surface area contributed by atoms with E-state index in [1.54, 1.807) is 12.4 Å². The van der Waals surface area contributed by atoms with Crippen molar-refractivity contribution in [2.24, 2.45) is 0 Å². The van der Waals surface area contributed by atoms with Crippen LogP contribution in [0.4, 0.5) is 0 Å². The van der Waals surface area contributed by atoms with Gasteiger partial charge >= 0.3 is 0 Å². The highest BCUT2D eigenvalue weighted by Crippen LogP contribution is 1.92. The number of rotatable bonds is 4. The van der Waals surface area contributed by atoms with Gasteiger partial charge in [0.25, 0.3) is 6.47 Å². The Kier molecular flexibility index (Phi) is 2.98. The van der Waals surface area contributed by atoms with Crippen LogP contribution in [-0.4, -0.2) is 28.5 Å². The molecule has 0 saturated heterocycles. The lowest BCUT2D eigenvalue weighted by Crippen LogP contribution is -1.98. The summed E-state index contributed by atoms with van der Waals surface area (Å²) in [6.45, 7) is 0.777. The summed E-state index contributed by atoms with van der Waals surface area (Å²) in [6.07, 6.45) is 3.80. The van der Waals surface area contributed by atoms with E-state index < -0.39 is 0 Å². The Labute approximate surface area is 63.4 Å². The SMILES string of the molecule is O=COCCc1cnnnc1. The van der Waals surface area contributed by atoms with Gasteiger partial charge in [0.1, 0.15) is 0 Å². The van der Waals surface area contributed by atoms with E-state index in [9.17, 15) is 4.79 Å². The van der Waals surface area contributed by atoms with Gasteiger partial charge < -0.3 is 4.74 Å². The van der Waals surface area contributed by atoms with Crippen LogP contribution in [0.1, 0.15) is 5.56 Å². The molecule has 0 saturated carbocycles. The van der Waals surface area contributed by atoms with Gasteiger partial charge in [-0.3, -0.25) is 4.79 Å². The minimum absolute atomic E-state index is 0.358. The molecule has 0 aliphatic carbocycles. The number of hydrogen-bond acceptors (Lipinski definition) is 5. The molecule has 0 atom stereocenters. The first-order chi connectivity index (χ1) is 5.43. The van der Waals surface area contributed by atoms with Crippen LogP contribution in [0, 0.1) is 0 Å². The Morgan fingerprint density at radius 1 is 1.45 bits per heavy atom. The number of hydrogen-bond donors (Lipinski definition) is 0. The molecule has 5 nitrogen and oxygen atoms in total. The minimum Gasteiger partial charge on any atom is -0.468 e. The Hall–Kier alpha value is -1.52. The van der Waals surface area contributed by atoms with Gasteiger partial charge in [-0.25, -0.2) is 0 Å². The first-order valence-electron chi connectivity index (χ1n) is 3.11. The number of carbonyl (C=O) groups excluding carboxylic acids is 1. The maximum Gasteiger partial charge on any atom is 0.293 e. The summed E-state index contributed by atoms with van der Waals surface area (Å²) < 4.78 is 4.48. The van der Waals surface area contributed by atoms with Gasteiger partial charge in [-0.2, -0.15) is 0 Å². The highest BCUT2D eigenvalue weighted by molar-refractivity contribution is 5.36. The zero-order chi connectivity index (χ0) is 7.94. The van der Waals surface area contributed by atoms with Crippen LogP contribution >= 0.6 is 0 Å². The van der Waals surface area contributed by atoms with Gasteiger partial charge in [0.2, 0.25) is 0 Å². The van der Waals surface area contributed by atoms with E-state index in [0.29, 0.717) is 19.5 Å². The zero-order valence-electron chi connectivity index (χ0n) is 5.80. The maximum atomic E-state index is 9.73. The lowest BCUT2D eigenvalue weighted by atomic mass is 10.3. The van der Waals surface area contributed by atoms with Crippen LogP contribution in [-0.2, 0) is 16.0 Å². The normalized spacial score (nSPS) is 9.09. The molecule has 0 unspecified atom stereocenters. The van der Waals surface area contributed by atoms with Crippen molar-refractivity contribution in [3.05, 3.63) is 18.0 Å². The molecule has 1 aromatic rings. The summed E-state index contributed by atoms with van der Waals surface area (Å²) in [4.78, 5) is 9.73. The average Bonchev–Trinajstić information content (AvgIpc) is 2.07. The zero-order valence-corrected chi connectivity index (χ0v) is 5.80. The van der Waals surface area contributed by atoms with Gasteiger partial charge in [-0.15, -0.1) is 10.2 Å². The van der Waals surface area contributed by atoms with Gasteiger partial charge in [-0.1, -0.05) is 0 Å². The van der Waals surface area contributed by atoms with Crippen LogP contribution in [0.2, 0.25) is 0 Å². The summed E-state index contributed by atoms with van der Waals surface area (Å²) in [5.74, 6) is 0. The molecule has 0 spiro atoms. The second kappa shape index (κ2) is 4.32. The fourth-order valence-electron chi connectivity index (χ4n) is 0.617. The van der Waals surface area contributed by atoms with Crippen LogP contribution in [0.25, 0.3) is 0 Å². The highest BCUT2D eigenvalue weighted by Gasteiger charge is 1.91. The highest BCUT2D eigenvalue weighted by atomic mass is 16.5. The van der Waals surface area contributed by atoms with Gasteiger partial charge in [0.05, 0.1) is 19.0 Å². The molecule has 0 radical (unpaired) electrons. The van der Waals surface area contributed by atoms with E-state index in [-0.39, 0.29) is 0 Å². The number of carbonyl (C=O) groups is 1. The summed E-state index contributed by atoms with van der Waals surface area (Å²) >= 11 is 0. The Bertz CT molecular complexity index is 214. The Morgan fingerprint density at radius 2 is 2.18 bits per heavy atom. The molecule has 1 aromatic heterocycles. The number of nitrogens with zero attached hydrogens (tertiary/aromatic N) is 3. The Morgan fingerprint density at radius 3 is 2.82 bits per heavy atom. The van der Waals surface area contributed by atoms with Crippen LogP contribution in [0.3, 0.4) is 0 Å². The van der Waals surface area contributed by atoms with Crippen molar-refractivity contribution in [3.63, 3.8) is 0 Å². The molecule has 0 amide bonds. The maximum absolute atomic E-state index is 9.73. The van der Waals surface area contributed by atoms with Gasteiger partial charge in [0.15, 0.2) is 0 Å². The summed E-state index contributed by atoms with van der Waals surface area (Å²) in [6, 6.07) is 0. The van der Waals surface area contributed by atoms with Crippen molar-refractivity contribution in [1.29, 1.82) is 0 Å². The molecule has 0 bridgehead atoms. The van der Waals surface area contributed by atoms with Gasteiger partial charge in [0, 0.05) is 6.42 Å². The van der Waals surface area contributed by atoms with Crippen LogP contribution in [0.5, 0.6) is 0 Å². The van der Waals surface area contributed by atoms with E-state index >= 15 is 0 Å². The average molecular weight is 153 g/mol. The Balaban J connectivity index is 2.33. The van der Waals surface area contributed by atoms with Crippen molar-refractivity contribution >= 4 is 6.47 Å². The summed E-state index contributed by atoms with van der Waals surface area (Å²) in [7, 11) is 0. The minimum atomic E-state index is 0.358. The van der Waals surface area contributed by atoms with Crippen molar-refractivity contribution in [1.82, 2.24) is 15.4 Å². The molecule has 0 aliphatic heterocycles. The molecule has 1 heterocycles. The smallest absolute Gasteiger partial charge is 0.293 e. The second-order valence-electron chi connectivity index (χ2n) is 1.87. The summed E-state index contributed by atoms with van der Waals surface area (Å²) in [5, 5.41) is 10.5. The molecule has 11 heavy (non-hydrogen) atoms. The van der Waals surface area contributed by atoms with E-state index in [4.69, 9.17) is 0 Å². The number of aromatic nitrogens is 3. The van der Waals surface area contributed by atoms with Crippen molar-refractivity contribution < 1.29 is 9.53 Å². The number of ether oxygens (including phenoxy) is 1. The fraction of sp³-hybridized carbons (Fsp3) is 0.333. The summed E-state index contributed by atoms with van der Waals surface area (Å²) in [5.41, 5.74) is 0.904. The predicted octanol–water partition coefficient (Wildman–Crippen LogP) is -0.413. The quantitative estimate of drug-likeness (QED) is 0.434. The molecule has 0 aliphatic rings. The van der Waals surface area contributed by atoms with Crippen LogP contribution < -0.4 is 0 Å². The fourth-order valence-corrected chi connectivity index (χ4v) is 0.617. The topological polar surface area (TPSA) is 65.0 Å². The third-order valence-corrected chi connectivity index (χ3v) is 1.13. The van der Waals surface area contributed by atoms with E-state index in [1.165, 1.54) is 0 Å². The largest absolute Gasteiger partial charge is 0.468 e.